The summed E-state index contributed by atoms with van der Waals surface area (Å²) in [5.74, 6) is 0.212. The lowest BCUT2D eigenvalue weighted by Gasteiger charge is -2.31. The average Bonchev–Trinajstić information content (AvgIpc) is 2.84. The fourth-order valence-corrected chi connectivity index (χ4v) is 5.53. The smallest absolute Gasteiger partial charge is 0.243 e. The van der Waals surface area contributed by atoms with Crippen LogP contribution >= 0.6 is 0 Å². The fraction of sp³-hybridized carbons (Fsp3) is 0.458. The highest BCUT2D eigenvalue weighted by Crippen LogP contribution is 2.25. The Morgan fingerprint density at radius 2 is 1.88 bits per heavy atom. The number of amides is 1. The summed E-state index contributed by atoms with van der Waals surface area (Å²) in [5.41, 5.74) is 1.17. The van der Waals surface area contributed by atoms with Crippen molar-refractivity contribution >= 4 is 21.6 Å². The minimum atomic E-state index is -3.63. The molecule has 1 N–H and O–H groups in total. The lowest BCUT2D eigenvalue weighted by Crippen LogP contribution is -2.45. The highest BCUT2D eigenvalue weighted by atomic mass is 32.2. The fourth-order valence-electron chi connectivity index (χ4n) is 4.01. The second-order valence-electron chi connectivity index (χ2n) is 7.94. The molecular weight excluding hydrogens is 426 g/mol. The summed E-state index contributed by atoms with van der Waals surface area (Å²) < 4.78 is 32.5. The van der Waals surface area contributed by atoms with Crippen molar-refractivity contribution in [2.24, 2.45) is 5.92 Å². The van der Waals surface area contributed by atoms with Crippen LogP contribution in [0, 0.1) is 5.92 Å². The van der Waals surface area contributed by atoms with Crippen molar-refractivity contribution < 1.29 is 17.9 Å². The number of nitrogens with one attached hydrogen (secondary N) is 1. The summed E-state index contributed by atoms with van der Waals surface area (Å²) in [5, 5.41) is 3.01. The van der Waals surface area contributed by atoms with Crippen molar-refractivity contribution in [1.29, 1.82) is 0 Å². The first-order valence-electron chi connectivity index (χ1n) is 11.2. The summed E-state index contributed by atoms with van der Waals surface area (Å²) in [6.07, 6.45) is 2.20. The van der Waals surface area contributed by atoms with E-state index < -0.39 is 10.0 Å². The van der Waals surface area contributed by atoms with Crippen LogP contribution in [0.2, 0.25) is 0 Å². The van der Waals surface area contributed by atoms with E-state index in [0.29, 0.717) is 31.7 Å². The number of ether oxygens (including phenoxy) is 1. The van der Waals surface area contributed by atoms with Gasteiger partial charge in [-0.05, 0) is 62.6 Å². The Morgan fingerprint density at radius 1 is 1.16 bits per heavy atom. The molecule has 0 bridgehead atoms. The number of carbonyl (C=O) groups excluding carboxylic acids is 1. The van der Waals surface area contributed by atoms with Crippen LogP contribution in [0.15, 0.2) is 59.5 Å². The number of methoxy groups -OCH3 is 1. The van der Waals surface area contributed by atoms with E-state index in [4.69, 9.17) is 4.74 Å². The molecule has 1 amide bonds. The predicted octanol–water partition coefficient (Wildman–Crippen LogP) is 3.13. The molecule has 0 radical (unpaired) electrons. The Bertz CT molecular complexity index is 964. The first kappa shape index (κ1) is 24.1. The van der Waals surface area contributed by atoms with Crippen LogP contribution in [0.1, 0.15) is 26.2 Å². The van der Waals surface area contributed by atoms with E-state index >= 15 is 0 Å². The zero-order valence-electron chi connectivity index (χ0n) is 18.9. The Hall–Kier alpha value is -2.58. The van der Waals surface area contributed by atoms with Gasteiger partial charge in [-0.15, -0.1) is 0 Å². The second-order valence-corrected chi connectivity index (χ2v) is 9.88. The quantitative estimate of drug-likeness (QED) is 0.552. The number of anilines is 1. The van der Waals surface area contributed by atoms with Gasteiger partial charge in [0.05, 0.1) is 17.9 Å². The van der Waals surface area contributed by atoms with Crippen LogP contribution in [-0.2, 0) is 14.8 Å². The van der Waals surface area contributed by atoms with E-state index in [2.05, 4.69) is 29.3 Å². The zero-order valence-corrected chi connectivity index (χ0v) is 19.7. The van der Waals surface area contributed by atoms with Gasteiger partial charge in [-0.25, -0.2) is 8.42 Å². The molecule has 1 aliphatic rings. The largest absolute Gasteiger partial charge is 0.497 e. The lowest BCUT2D eigenvalue weighted by molar-refractivity contribution is -0.126. The van der Waals surface area contributed by atoms with Gasteiger partial charge >= 0.3 is 0 Å². The Morgan fingerprint density at radius 3 is 2.53 bits per heavy atom. The summed E-state index contributed by atoms with van der Waals surface area (Å²) in [7, 11) is -2.09. The SMILES string of the molecule is CCN(CCCNC(=O)[C@@H]1CCCN(S(=O)(=O)c2ccc(OC)cc2)C1)c1ccccc1. The molecule has 0 aromatic heterocycles. The van der Waals surface area contributed by atoms with Gasteiger partial charge in [0.2, 0.25) is 15.9 Å². The highest BCUT2D eigenvalue weighted by molar-refractivity contribution is 7.89. The third-order valence-electron chi connectivity index (χ3n) is 5.86. The number of benzene rings is 2. The predicted molar refractivity (Wildman–Crippen MR) is 126 cm³/mol. The van der Waals surface area contributed by atoms with Crippen molar-refractivity contribution in [2.75, 3.05) is 44.7 Å². The van der Waals surface area contributed by atoms with Crippen molar-refractivity contribution in [3.05, 3.63) is 54.6 Å². The number of para-hydroxylation sites is 1. The topological polar surface area (TPSA) is 79.0 Å². The maximum atomic E-state index is 13.0. The lowest BCUT2D eigenvalue weighted by atomic mass is 9.99. The number of hydrogen-bond acceptors (Lipinski definition) is 5. The van der Waals surface area contributed by atoms with Crippen LogP contribution in [0.5, 0.6) is 5.75 Å². The molecule has 32 heavy (non-hydrogen) atoms. The molecule has 8 heteroatoms. The van der Waals surface area contributed by atoms with Gasteiger partial charge in [0.1, 0.15) is 5.75 Å². The molecule has 0 saturated carbocycles. The Balaban J connectivity index is 1.50. The molecule has 1 saturated heterocycles. The summed E-state index contributed by atoms with van der Waals surface area (Å²) in [6, 6.07) is 16.6. The van der Waals surface area contributed by atoms with Crippen LogP contribution in [0.4, 0.5) is 5.69 Å². The van der Waals surface area contributed by atoms with Gasteiger partial charge in [0.25, 0.3) is 0 Å². The molecule has 3 rings (SSSR count). The highest BCUT2D eigenvalue weighted by Gasteiger charge is 2.33. The monoisotopic (exact) mass is 459 g/mol. The maximum absolute atomic E-state index is 13.0. The Labute approximate surface area is 191 Å². The summed E-state index contributed by atoms with van der Waals surface area (Å²) in [6.45, 7) is 5.09. The molecule has 1 heterocycles. The minimum Gasteiger partial charge on any atom is -0.497 e. The molecule has 7 nitrogen and oxygen atoms in total. The minimum absolute atomic E-state index is 0.0672. The van der Waals surface area contributed by atoms with Gasteiger partial charge < -0.3 is 15.0 Å². The van der Waals surface area contributed by atoms with Crippen LogP contribution in [0.25, 0.3) is 0 Å². The molecule has 1 fully saturated rings. The van der Waals surface area contributed by atoms with Crippen molar-refractivity contribution in [3.63, 3.8) is 0 Å². The number of hydrogen-bond donors (Lipinski definition) is 1. The zero-order chi connectivity index (χ0) is 23.0. The standard InChI is InChI=1S/C24H33N3O4S/c1-3-26(21-10-5-4-6-11-21)17-8-16-25-24(28)20-9-7-18-27(19-20)32(29,30)23-14-12-22(31-2)13-15-23/h4-6,10-15,20H,3,7-9,16-19H2,1-2H3,(H,25,28)/t20-/m1/s1. The van der Waals surface area contributed by atoms with Gasteiger partial charge in [0, 0.05) is 38.4 Å². The second kappa shape index (κ2) is 11.3. The molecule has 2 aromatic carbocycles. The van der Waals surface area contributed by atoms with Crippen molar-refractivity contribution in [3.8, 4) is 5.75 Å². The molecular formula is C24H33N3O4S. The van der Waals surface area contributed by atoms with E-state index in [1.807, 2.05) is 18.2 Å². The molecule has 174 valence electrons. The molecule has 1 atom stereocenters. The van der Waals surface area contributed by atoms with Gasteiger partial charge in [-0.2, -0.15) is 4.31 Å². The Kier molecular flexibility index (Phi) is 8.53. The number of rotatable bonds is 10. The van der Waals surface area contributed by atoms with E-state index in [9.17, 15) is 13.2 Å². The molecule has 2 aromatic rings. The molecule has 0 aliphatic carbocycles. The first-order chi connectivity index (χ1) is 15.5. The van der Waals surface area contributed by atoms with E-state index in [0.717, 1.165) is 19.5 Å². The number of carbonyl (C=O) groups is 1. The van der Waals surface area contributed by atoms with Crippen LogP contribution in [0.3, 0.4) is 0 Å². The van der Waals surface area contributed by atoms with E-state index in [-0.39, 0.29) is 23.3 Å². The van der Waals surface area contributed by atoms with Crippen molar-refractivity contribution in [1.82, 2.24) is 9.62 Å². The maximum Gasteiger partial charge on any atom is 0.243 e. The first-order valence-corrected chi connectivity index (χ1v) is 12.6. The van der Waals surface area contributed by atoms with E-state index in [1.165, 1.54) is 9.99 Å². The van der Waals surface area contributed by atoms with E-state index in [1.54, 1.807) is 31.4 Å². The van der Waals surface area contributed by atoms with Gasteiger partial charge in [0.15, 0.2) is 0 Å². The van der Waals surface area contributed by atoms with Gasteiger partial charge in [-0.3, -0.25) is 4.79 Å². The number of nitrogens with zero attached hydrogens (tertiary/aromatic N) is 2. The number of piperidine rings is 1. The van der Waals surface area contributed by atoms with Crippen molar-refractivity contribution in [2.45, 2.75) is 31.1 Å². The third-order valence-corrected chi connectivity index (χ3v) is 7.74. The molecule has 1 aliphatic heterocycles. The summed E-state index contributed by atoms with van der Waals surface area (Å²) >= 11 is 0. The number of sulfonamides is 1. The van der Waals surface area contributed by atoms with Crippen LogP contribution < -0.4 is 15.0 Å². The summed E-state index contributed by atoms with van der Waals surface area (Å²) in [4.78, 5) is 15.2. The third kappa shape index (κ3) is 6.01. The average molecular weight is 460 g/mol. The normalized spacial score (nSPS) is 17.0. The van der Waals surface area contributed by atoms with Crippen LogP contribution in [-0.4, -0.2) is 58.5 Å². The molecule has 0 unspecified atom stereocenters. The molecule has 0 spiro atoms. The van der Waals surface area contributed by atoms with Gasteiger partial charge in [-0.1, -0.05) is 18.2 Å².